The molecular weight excluding hydrogens is 489 g/mol. The van der Waals surface area contributed by atoms with Crippen molar-refractivity contribution >= 4 is 39.8 Å². The molecule has 1 aliphatic rings. The van der Waals surface area contributed by atoms with E-state index in [9.17, 15) is 8.42 Å². The second-order valence-corrected chi connectivity index (χ2v) is 9.86. The average Bonchev–Trinajstić information content (AvgIpc) is 2.64. The molecule has 1 heterocycles. The van der Waals surface area contributed by atoms with Gasteiger partial charge in [-0.2, -0.15) is 0 Å². The zero-order valence-corrected chi connectivity index (χ0v) is 20.5. The third-order valence-corrected chi connectivity index (χ3v) is 6.27. The summed E-state index contributed by atoms with van der Waals surface area (Å²) in [5.74, 6) is 0.873. The fourth-order valence-electron chi connectivity index (χ4n) is 3.62. The molecule has 6 nitrogen and oxygen atoms in total. The lowest BCUT2D eigenvalue weighted by Gasteiger charge is -2.39. The monoisotopic (exact) mass is 523 g/mol. The second kappa shape index (κ2) is 11.3. The first-order chi connectivity index (χ1) is 12.8. The van der Waals surface area contributed by atoms with Gasteiger partial charge in [0.15, 0.2) is 5.96 Å². The average molecular weight is 523 g/mol. The van der Waals surface area contributed by atoms with Gasteiger partial charge in [-0.3, -0.25) is 4.99 Å². The van der Waals surface area contributed by atoms with Crippen LogP contribution >= 0.6 is 24.0 Å². The highest BCUT2D eigenvalue weighted by atomic mass is 127. The summed E-state index contributed by atoms with van der Waals surface area (Å²) in [5, 5.41) is 6.77. The minimum Gasteiger partial charge on any atom is -0.381 e. The lowest BCUT2D eigenvalue weighted by atomic mass is 9.72. The van der Waals surface area contributed by atoms with Gasteiger partial charge in [-0.15, -0.1) is 24.0 Å². The van der Waals surface area contributed by atoms with E-state index in [2.05, 4.69) is 46.8 Å². The predicted molar refractivity (Wildman–Crippen MR) is 127 cm³/mol. The Hall–Kier alpha value is -0.870. The van der Waals surface area contributed by atoms with Crippen LogP contribution < -0.4 is 10.6 Å². The van der Waals surface area contributed by atoms with Gasteiger partial charge in [-0.1, -0.05) is 24.3 Å². The Morgan fingerprint density at radius 2 is 1.93 bits per heavy atom. The fourth-order valence-corrected chi connectivity index (χ4v) is 4.40. The fraction of sp³-hybridized carbons (Fsp3) is 0.650. The van der Waals surface area contributed by atoms with Gasteiger partial charge in [0.25, 0.3) is 0 Å². The maximum atomic E-state index is 11.4. The Labute approximate surface area is 186 Å². The highest BCUT2D eigenvalue weighted by Gasteiger charge is 2.35. The van der Waals surface area contributed by atoms with Gasteiger partial charge in [0.05, 0.1) is 5.75 Å². The maximum Gasteiger partial charge on any atom is 0.191 e. The number of halogens is 1. The zero-order chi connectivity index (χ0) is 19.9. The van der Waals surface area contributed by atoms with Crippen molar-refractivity contribution in [2.45, 2.75) is 44.6 Å². The predicted octanol–water partition coefficient (Wildman–Crippen LogP) is 2.65. The van der Waals surface area contributed by atoms with Crippen LogP contribution in [0.3, 0.4) is 0 Å². The van der Waals surface area contributed by atoms with Crippen molar-refractivity contribution in [3.05, 3.63) is 35.4 Å². The summed E-state index contributed by atoms with van der Waals surface area (Å²) in [5.41, 5.74) is 2.67. The van der Waals surface area contributed by atoms with Crippen molar-refractivity contribution in [3.63, 3.8) is 0 Å². The number of sulfone groups is 1. The Morgan fingerprint density at radius 3 is 2.50 bits per heavy atom. The molecule has 1 atom stereocenters. The van der Waals surface area contributed by atoms with Crippen LogP contribution in [0.15, 0.2) is 29.3 Å². The zero-order valence-electron chi connectivity index (χ0n) is 17.3. The molecule has 0 bridgehead atoms. The van der Waals surface area contributed by atoms with E-state index in [-0.39, 0.29) is 41.2 Å². The van der Waals surface area contributed by atoms with Crippen LogP contribution in [0, 0.1) is 6.92 Å². The number of ether oxygens (including phenoxy) is 1. The largest absolute Gasteiger partial charge is 0.381 e. The van der Waals surface area contributed by atoms with E-state index in [0.29, 0.717) is 12.4 Å². The van der Waals surface area contributed by atoms with E-state index in [4.69, 9.17) is 4.74 Å². The number of rotatable bonds is 7. The van der Waals surface area contributed by atoms with Crippen LogP contribution in [0.4, 0.5) is 0 Å². The van der Waals surface area contributed by atoms with Crippen LogP contribution in [-0.2, 0) is 20.0 Å². The molecule has 1 aliphatic heterocycles. The van der Waals surface area contributed by atoms with Gasteiger partial charge in [-0.25, -0.2) is 8.42 Å². The van der Waals surface area contributed by atoms with E-state index in [1.54, 1.807) is 7.05 Å². The van der Waals surface area contributed by atoms with E-state index < -0.39 is 9.84 Å². The summed E-state index contributed by atoms with van der Waals surface area (Å²) < 4.78 is 28.4. The normalized spacial score (nSPS) is 18.1. The highest BCUT2D eigenvalue weighted by Crippen LogP contribution is 2.36. The first-order valence-corrected chi connectivity index (χ1v) is 11.6. The smallest absolute Gasteiger partial charge is 0.191 e. The van der Waals surface area contributed by atoms with Gasteiger partial charge >= 0.3 is 0 Å². The standard InChI is InChI=1S/C20H33N3O3S.HI/c1-16-7-5-6-8-18(16)20(10-12-26-13-11-20)15-22-19(21-3)23-17(2)9-14-27(4,24)25;/h5-8,17H,9-15H2,1-4H3,(H2,21,22,23);1H. The Morgan fingerprint density at radius 1 is 1.29 bits per heavy atom. The molecule has 8 heteroatoms. The lowest BCUT2D eigenvalue weighted by molar-refractivity contribution is 0.0511. The number of guanidine groups is 1. The summed E-state index contributed by atoms with van der Waals surface area (Å²) in [6, 6.07) is 8.57. The molecule has 2 rings (SSSR count). The molecular formula is C20H34IN3O3S. The van der Waals surface area contributed by atoms with Crippen LogP contribution in [0.25, 0.3) is 0 Å². The summed E-state index contributed by atoms with van der Waals surface area (Å²) in [6.07, 6.45) is 3.75. The van der Waals surface area contributed by atoms with E-state index in [0.717, 1.165) is 32.6 Å². The molecule has 1 fully saturated rings. The molecule has 2 N–H and O–H groups in total. The molecule has 1 aromatic carbocycles. The maximum absolute atomic E-state index is 11.4. The number of aryl methyl sites for hydroxylation is 1. The molecule has 0 aromatic heterocycles. The van der Waals surface area contributed by atoms with Crippen molar-refractivity contribution < 1.29 is 13.2 Å². The number of nitrogens with one attached hydrogen (secondary N) is 2. The molecule has 0 amide bonds. The molecule has 0 aliphatic carbocycles. The van der Waals surface area contributed by atoms with Gasteiger partial charge < -0.3 is 15.4 Å². The number of hydrogen-bond donors (Lipinski definition) is 2. The Balaban J connectivity index is 0.00000392. The molecule has 0 radical (unpaired) electrons. The van der Waals surface area contributed by atoms with Crippen molar-refractivity contribution in [1.29, 1.82) is 0 Å². The Kier molecular flexibility index (Phi) is 10.2. The van der Waals surface area contributed by atoms with Gasteiger partial charge in [0.2, 0.25) is 0 Å². The summed E-state index contributed by atoms with van der Waals surface area (Å²) in [4.78, 5) is 4.32. The van der Waals surface area contributed by atoms with E-state index in [1.165, 1.54) is 17.4 Å². The van der Waals surface area contributed by atoms with Crippen molar-refractivity contribution in [2.75, 3.05) is 38.8 Å². The molecule has 28 heavy (non-hydrogen) atoms. The van der Waals surface area contributed by atoms with Crippen LogP contribution in [0.2, 0.25) is 0 Å². The van der Waals surface area contributed by atoms with Crippen molar-refractivity contribution in [1.82, 2.24) is 10.6 Å². The van der Waals surface area contributed by atoms with Crippen LogP contribution in [-0.4, -0.2) is 59.2 Å². The molecule has 1 unspecified atom stereocenters. The van der Waals surface area contributed by atoms with Crippen molar-refractivity contribution in [3.8, 4) is 0 Å². The van der Waals surface area contributed by atoms with Crippen LogP contribution in [0.1, 0.15) is 37.3 Å². The third kappa shape index (κ3) is 7.51. The minimum atomic E-state index is -2.96. The third-order valence-electron chi connectivity index (χ3n) is 5.29. The number of aliphatic imine (C=N–C) groups is 1. The number of hydrogen-bond acceptors (Lipinski definition) is 4. The van der Waals surface area contributed by atoms with Crippen molar-refractivity contribution in [2.24, 2.45) is 4.99 Å². The highest BCUT2D eigenvalue weighted by molar-refractivity contribution is 14.0. The van der Waals surface area contributed by atoms with Gasteiger partial charge in [0, 0.05) is 44.5 Å². The molecule has 0 spiro atoms. The number of nitrogens with zero attached hydrogens (tertiary/aromatic N) is 1. The SMILES string of the molecule is CN=C(NCC1(c2ccccc2C)CCOCC1)NC(C)CCS(C)(=O)=O.I. The van der Waals surface area contributed by atoms with E-state index >= 15 is 0 Å². The molecule has 1 saturated heterocycles. The summed E-state index contributed by atoms with van der Waals surface area (Å²) in [6.45, 7) is 6.41. The van der Waals surface area contributed by atoms with Gasteiger partial charge in [0.1, 0.15) is 9.84 Å². The molecule has 1 aromatic rings. The molecule has 0 saturated carbocycles. The Bertz CT molecular complexity index is 747. The molecule has 160 valence electrons. The van der Waals surface area contributed by atoms with Gasteiger partial charge in [-0.05, 0) is 44.2 Å². The second-order valence-electron chi connectivity index (χ2n) is 7.60. The first-order valence-electron chi connectivity index (χ1n) is 9.54. The lowest BCUT2D eigenvalue weighted by Crippen LogP contribution is -2.50. The summed E-state index contributed by atoms with van der Waals surface area (Å²) >= 11 is 0. The topological polar surface area (TPSA) is 79.8 Å². The summed E-state index contributed by atoms with van der Waals surface area (Å²) in [7, 11) is -1.22. The van der Waals surface area contributed by atoms with E-state index in [1.807, 2.05) is 6.92 Å². The number of benzene rings is 1. The quantitative estimate of drug-likeness (QED) is 0.327. The van der Waals surface area contributed by atoms with Crippen LogP contribution in [0.5, 0.6) is 0 Å². The minimum absolute atomic E-state index is 0. The first kappa shape index (κ1) is 25.2.